The summed E-state index contributed by atoms with van der Waals surface area (Å²) in [4.78, 5) is 2.27. The van der Waals surface area contributed by atoms with Crippen LogP contribution >= 0.6 is 11.6 Å². The standard InChI is InChI=1S/C8H18ClN/c1-7(2)5-10(4)6-8(3)9/h7-8H,5-6H2,1-4H3. The first-order chi connectivity index (χ1) is 4.52. The van der Waals surface area contributed by atoms with Gasteiger partial charge in [-0.3, -0.25) is 0 Å². The Morgan fingerprint density at radius 3 is 2.00 bits per heavy atom. The van der Waals surface area contributed by atoms with Gasteiger partial charge in [0.1, 0.15) is 0 Å². The molecular weight excluding hydrogens is 146 g/mol. The molecule has 0 amide bonds. The lowest BCUT2D eigenvalue weighted by Crippen LogP contribution is -2.28. The quantitative estimate of drug-likeness (QED) is 0.575. The molecule has 0 spiro atoms. The van der Waals surface area contributed by atoms with Crippen LogP contribution in [0.1, 0.15) is 20.8 Å². The highest BCUT2D eigenvalue weighted by molar-refractivity contribution is 6.20. The van der Waals surface area contributed by atoms with Crippen molar-refractivity contribution in [2.75, 3.05) is 20.1 Å². The molecule has 62 valence electrons. The Hall–Kier alpha value is 0.250. The maximum atomic E-state index is 5.81. The zero-order valence-corrected chi connectivity index (χ0v) is 8.15. The number of hydrogen-bond donors (Lipinski definition) is 0. The number of nitrogens with zero attached hydrogens (tertiary/aromatic N) is 1. The lowest BCUT2D eigenvalue weighted by Gasteiger charge is -2.19. The first kappa shape index (κ1) is 10.2. The van der Waals surface area contributed by atoms with Gasteiger partial charge in [0, 0.05) is 18.5 Å². The van der Waals surface area contributed by atoms with Crippen molar-refractivity contribution in [3.63, 3.8) is 0 Å². The van der Waals surface area contributed by atoms with E-state index in [4.69, 9.17) is 11.6 Å². The summed E-state index contributed by atoms with van der Waals surface area (Å²) < 4.78 is 0. The first-order valence-corrected chi connectivity index (χ1v) is 4.28. The highest BCUT2D eigenvalue weighted by atomic mass is 35.5. The molecule has 2 heteroatoms. The van der Waals surface area contributed by atoms with Crippen molar-refractivity contribution in [3.8, 4) is 0 Å². The summed E-state index contributed by atoms with van der Waals surface area (Å²) in [5, 5.41) is 0.267. The third-order valence-corrected chi connectivity index (χ3v) is 1.38. The minimum Gasteiger partial charge on any atom is -0.305 e. The highest BCUT2D eigenvalue weighted by Crippen LogP contribution is 2.00. The van der Waals surface area contributed by atoms with E-state index < -0.39 is 0 Å². The van der Waals surface area contributed by atoms with E-state index in [-0.39, 0.29) is 5.38 Å². The van der Waals surface area contributed by atoms with Crippen LogP contribution in [0.3, 0.4) is 0 Å². The zero-order valence-electron chi connectivity index (χ0n) is 7.39. The van der Waals surface area contributed by atoms with Gasteiger partial charge in [-0.2, -0.15) is 0 Å². The molecule has 0 aliphatic rings. The minimum absolute atomic E-state index is 0.267. The molecular formula is C8H18ClN. The smallest absolute Gasteiger partial charge is 0.0434 e. The van der Waals surface area contributed by atoms with Crippen LogP contribution in [0.25, 0.3) is 0 Å². The fraction of sp³-hybridized carbons (Fsp3) is 1.00. The molecule has 0 aliphatic heterocycles. The summed E-state index contributed by atoms with van der Waals surface area (Å²) in [7, 11) is 2.11. The normalized spacial score (nSPS) is 14.7. The van der Waals surface area contributed by atoms with Crippen LogP contribution in [-0.4, -0.2) is 30.4 Å². The largest absolute Gasteiger partial charge is 0.305 e. The molecule has 1 atom stereocenters. The fourth-order valence-electron chi connectivity index (χ4n) is 1.13. The van der Waals surface area contributed by atoms with Crippen molar-refractivity contribution in [1.29, 1.82) is 0 Å². The van der Waals surface area contributed by atoms with Crippen LogP contribution < -0.4 is 0 Å². The molecule has 0 saturated heterocycles. The predicted molar refractivity (Wildman–Crippen MR) is 47.7 cm³/mol. The summed E-state index contributed by atoms with van der Waals surface area (Å²) in [6.07, 6.45) is 0. The van der Waals surface area contributed by atoms with Gasteiger partial charge in [0.25, 0.3) is 0 Å². The second-order valence-corrected chi connectivity index (χ2v) is 4.14. The minimum atomic E-state index is 0.267. The van der Waals surface area contributed by atoms with E-state index in [0.29, 0.717) is 0 Å². The van der Waals surface area contributed by atoms with Gasteiger partial charge in [-0.15, -0.1) is 11.6 Å². The Kier molecular flexibility index (Phi) is 5.10. The Morgan fingerprint density at radius 2 is 1.70 bits per heavy atom. The summed E-state index contributed by atoms with van der Waals surface area (Å²) in [6, 6.07) is 0. The Morgan fingerprint density at radius 1 is 1.20 bits per heavy atom. The van der Waals surface area contributed by atoms with Crippen LogP contribution in [0.5, 0.6) is 0 Å². The van der Waals surface area contributed by atoms with E-state index in [2.05, 4.69) is 25.8 Å². The van der Waals surface area contributed by atoms with E-state index >= 15 is 0 Å². The lowest BCUT2D eigenvalue weighted by atomic mass is 10.2. The van der Waals surface area contributed by atoms with E-state index in [9.17, 15) is 0 Å². The number of hydrogen-bond acceptors (Lipinski definition) is 1. The van der Waals surface area contributed by atoms with Crippen LogP contribution in [0, 0.1) is 5.92 Å². The number of halogens is 1. The number of rotatable bonds is 4. The molecule has 1 unspecified atom stereocenters. The van der Waals surface area contributed by atoms with Crippen molar-refractivity contribution < 1.29 is 0 Å². The topological polar surface area (TPSA) is 3.24 Å². The maximum absolute atomic E-state index is 5.81. The molecule has 0 aromatic rings. The zero-order chi connectivity index (χ0) is 8.15. The van der Waals surface area contributed by atoms with Gasteiger partial charge in [0.15, 0.2) is 0 Å². The second-order valence-electron chi connectivity index (χ2n) is 3.40. The molecule has 0 fully saturated rings. The summed E-state index contributed by atoms with van der Waals surface area (Å²) >= 11 is 5.81. The molecule has 0 aromatic heterocycles. The van der Waals surface area contributed by atoms with Crippen molar-refractivity contribution in [2.24, 2.45) is 5.92 Å². The van der Waals surface area contributed by atoms with Crippen LogP contribution in [0.2, 0.25) is 0 Å². The van der Waals surface area contributed by atoms with Gasteiger partial charge < -0.3 is 4.90 Å². The van der Waals surface area contributed by atoms with Crippen LogP contribution in [0.15, 0.2) is 0 Å². The monoisotopic (exact) mass is 163 g/mol. The summed E-state index contributed by atoms with van der Waals surface area (Å²) in [5.41, 5.74) is 0. The molecule has 0 radical (unpaired) electrons. The molecule has 0 rings (SSSR count). The fourth-order valence-corrected chi connectivity index (χ4v) is 1.36. The Bertz CT molecular complexity index is 71.3. The Balaban J connectivity index is 3.34. The molecule has 0 aromatic carbocycles. The average molecular weight is 164 g/mol. The van der Waals surface area contributed by atoms with Crippen molar-refractivity contribution in [3.05, 3.63) is 0 Å². The average Bonchev–Trinajstić information content (AvgIpc) is 1.58. The summed E-state index contributed by atoms with van der Waals surface area (Å²) in [5.74, 6) is 0.736. The molecule has 0 bridgehead atoms. The van der Waals surface area contributed by atoms with Gasteiger partial charge >= 0.3 is 0 Å². The molecule has 0 saturated carbocycles. The molecule has 0 heterocycles. The summed E-state index contributed by atoms with van der Waals surface area (Å²) in [6.45, 7) is 8.58. The van der Waals surface area contributed by atoms with Gasteiger partial charge in [0.2, 0.25) is 0 Å². The highest BCUT2D eigenvalue weighted by Gasteiger charge is 2.03. The SMILES string of the molecule is CC(C)CN(C)CC(C)Cl. The third kappa shape index (κ3) is 6.37. The van der Waals surface area contributed by atoms with E-state index in [1.165, 1.54) is 0 Å². The van der Waals surface area contributed by atoms with E-state index in [1.54, 1.807) is 0 Å². The van der Waals surface area contributed by atoms with E-state index in [0.717, 1.165) is 19.0 Å². The predicted octanol–water partition coefficient (Wildman–Crippen LogP) is 2.20. The van der Waals surface area contributed by atoms with E-state index in [1.807, 2.05) is 6.92 Å². The maximum Gasteiger partial charge on any atom is 0.0434 e. The van der Waals surface area contributed by atoms with Crippen LogP contribution in [-0.2, 0) is 0 Å². The van der Waals surface area contributed by atoms with Crippen molar-refractivity contribution in [2.45, 2.75) is 26.1 Å². The van der Waals surface area contributed by atoms with Gasteiger partial charge in [0.05, 0.1) is 0 Å². The second kappa shape index (κ2) is 4.97. The molecule has 1 nitrogen and oxygen atoms in total. The first-order valence-electron chi connectivity index (χ1n) is 3.85. The molecule has 10 heavy (non-hydrogen) atoms. The van der Waals surface area contributed by atoms with Gasteiger partial charge in [-0.1, -0.05) is 13.8 Å². The third-order valence-electron chi connectivity index (χ3n) is 1.24. The van der Waals surface area contributed by atoms with Gasteiger partial charge in [-0.25, -0.2) is 0 Å². The number of alkyl halides is 1. The van der Waals surface area contributed by atoms with Crippen LogP contribution in [0.4, 0.5) is 0 Å². The van der Waals surface area contributed by atoms with Crippen molar-refractivity contribution in [1.82, 2.24) is 4.90 Å². The molecule has 0 N–H and O–H groups in total. The van der Waals surface area contributed by atoms with Gasteiger partial charge in [-0.05, 0) is 19.9 Å². The Labute approximate surface area is 69.4 Å². The molecule has 0 aliphatic carbocycles. The van der Waals surface area contributed by atoms with Crippen molar-refractivity contribution >= 4 is 11.6 Å². The lowest BCUT2D eigenvalue weighted by molar-refractivity contribution is 0.298.